The van der Waals surface area contributed by atoms with Crippen LogP contribution in [-0.4, -0.2) is 43.8 Å². The predicted molar refractivity (Wildman–Crippen MR) is 92.2 cm³/mol. The number of nitrogens with zero attached hydrogens (tertiary/aromatic N) is 1. The molecule has 1 saturated heterocycles. The van der Waals surface area contributed by atoms with Crippen LogP contribution < -0.4 is 10.1 Å². The van der Waals surface area contributed by atoms with Crippen LogP contribution in [0.4, 0.5) is 14.9 Å². The van der Waals surface area contributed by atoms with E-state index < -0.39 is 5.82 Å². The van der Waals surface area contributed by atoms with Crippen LogP contribution in [0.2, 0.25) is 0 Å². The summed E-state index contributed by atoms with van der Waals surface area (Å²) >= 11 is 0. The summed E-state index contributed by atoms with van der Waals surface area (Å²) in [7, 11) is 1.42. The largest absolute Gasteiger partial charge is 0.494 e. The normalized spacial score (nSPS) is 18.2. The van der Waals surface area contributed by atoms with Crippen LogP contribution in [0.3, 0.4) is 0 Å². The first kappa shape index (κ1) is 18.5. The molecule has 6 heteroatoms. The maximum atomic E-state index is 13.9. The number of ether oxygens (including phenoxy) is 2. The number of nitrogens with one attached hydrogen (secondary N) is 1. The van der Waals surface area contributed by atoms with Crippen molar-refractivity contribution in [1.29, 1.82) is 0 Å². The first-order valence-corrected chi connectivity index (χ1v) is 8.56. The summed E-state index contributed by atoms with van der Waals surface area (Å²) in [5, 5.41) is 2.81. The number of carbonyl (C=O) groups excluding carboxylic acids is 1. The molecule has 2 rings (SSSR count). The number of anilines is 1. The van der Waals surface area contributed by atoms with Crippen molar-refractivity contribution >= 4 is 11.7 Å². The Balaban J connectivity index is 1.96. The zero-order valence-corrected chi connectivity index (χ0v) is 14.7. The SMILES string of the molecule is CCCO[C@H]1CCCN(C(=O)Nc2cc(F)c(OC)cc2C)CC1. The molecular formula is C18H27FN2O3. The summed E-state index contributed by atoms with van der Waals surface area (Å²) in [4.78, 5) is 14.3. The number of hydrogen-bond donors (Lipinski definition) is 1. The van der Waals surface area contributed by atoms with Crippen LogP contribution in [0.1, 0.15) is 38.2 Å². The van der Waals surface area contributed by atoms with E-state index in [1.54, 1.807) is 11.0 Å². The van der Waals surface area contributed by atoms with Crippen LogP contribution in [0.15, 0.2) is 12.1 Å². The lowest BCUT2D eigenvalue weighted by molar-refractivity contribution is 0.0446. The third-order valence-electron chi connectivity index (χ3n) is 4.26. The van der Waals surface area contributed by atoms with Gasteiger partial charge in [-0.3, -0.25) is 0 Å². The highest BCUT2D eigenvalue weighted by Gasteiger charge is 2.21. The molecule has 2 amide bonds. The van der Waals surface area contributed by atoms with Crippen molar-refractivity contribution in [1.82, 2.24) is 4.90 Å². The molecule has 0 aliphatic carbocycles. The third kappa shape index (κ3) is 4.84. The van der Waals surface area contributed by atoms with Gasteiger partial charge >= 0.3 is 6.03 Å². The molecular weight excluding hydrogens is 311 g/mol. The summed E-state index contributed by atoms with van der Waals surface area (Å²) in [6.45, 7) is 6.01. The number of halogens is 1. The topological polar surface area (TPSA) is 50.8 Å². The van der Waals surface area contributed by atoms with Gasteiger partial charge in [-0.15, -0.1) is 0 Å². The molecule has 0 unspecified atom stereocenters. The van der Waals surface area contributed by atoms with Crippen molar-refractivity contribution in [2.75, 3.05) is 32.1 Å². The van der Waals surface area contributed by atoms with Gasteiger partial charge < -0.3 is 19.7 Å². The average molecular weight is 338 g/mol. The molecule has 1 aliphatic rings. The van der Waals surface area contributed by atoms with Gasteiger partial charge in [0.1, 0.15) is 0 Å². The first-order valence-electron chi connectivity index (χ1n) is 8.56. The minimum absolute atomic E-state index is 0.177. The van der Waals surface area contributed by atoms with E-state index in [9.17, 15) is 9.18 Å². The number of rotatable bonds is 5. The Morgan fingerprint density at radius 2 is 2.17 bits per heavy atom. The molecule has 1 aromatic carbocycles. The third-order valence-corrected chi connectivity index (χ3v) is 4.26. The van der Waals surface area contributed by atoms with E-state index in [-0.39, 0.29) is 17.9 Å². The quantitative estimate of drug-likeness (QED) is 0.884. The van der Waals surface area contributed by atoms with Gasteiger partial charge in [0.15, 0.2) is 11.6 Å². The van der Waals surface area contributed by atoms with Crippen molar-refractivity contribution in [2.45, 2.75) is 45.6 Å². The van der Waals surface area contributed by atoms with E-state index in [1.165, 1.54) is 13.2 Å². The molecule has 1 atom stereocenters. The van der Waals surface area contributed by atoms with Crippen molar-refractivity contribution in [3.05, 3.63) is 23.5 Å². The van der Waals surface area contributed by atoms with Gasteiger partial charge in [0.25, 0.3) is 0 Å². The lowest BCUT2D eigenvalue weighted by Crippen LogP contribution is -2.36. The molecule has 0 radical (unpaired) electrons. The summed E-state index contributed by atoms with van der Waals surface area (Å²) in [6, 6.07) is 2.69. The van der Waals surface area contributed by atoms with Crippen molar-refractivity contribution in [2.24, 2.45) is 0 Å². The van der Waals surface area contributed by atoms with E-state index >= 15 is 0 Å². The molecule has 5 nitrogen and oxygen atoms in total. The molecule has 1 heterocycles. The Morgan fingerprint density at radius 1 is 1.38 bits per heavy atom. The van der Waals surface area contributed by atoms with Crippen LogP contribution in [-0.2, 0) is 4.74 Å². The number of amides is 2. The molecule has 1 aromatic rings. The second-order valence-electron chi connectivity index (χ2n) is 6.14. The molecule has 1 N–H and O–H groups in total. The van der Waals surface area contributed by atoms with Gasteiger partial charge in [-0.25, -0.2) is 9.18 Å². The van der Waals surface area contributed by atoms with Crippen molar-refractivity contribution < 1.29 is 18.7 Å². The Hall–Kier alpha value is -1.82. The number of urea groups is 1. The van der Waals surface area contributed by atoms with Gasteiger partial charge in [-0.1, -0.05) is 6.92 Å². The Kier molecular flexibility index (Phi) is 6.85. The van der Waals surface area contributed by atoms with Crippen LogP contribution >= 0.6 is 0 Å². The highest BCUT2D eigenvalue weighted by atomic mass is 19.1. The van der Waals surface area contributed by atoms with Crippen molar-refractivity contribution in [3.8, 4) is 5.75 Å². The molecule has 134 valence electrons. The first-order chi connectivity index (χ1) is 11.5. The summed E-state index contributed by atoms with van der Waals surface area (Å²) in [6.07, 6.45) is 3.95. The fourth-order valence-corrected chi connectivity index (χ4v) is 2.86. The summed E-state index contributed by atoms with van der Waals surface area (Å²) < 4.78 is 24.6. The standard InChI is InChI=1S/C18H27FN2O3/c1-4-10-24-14-6-5-8-21(9-7-14)18(22)20-16-12-15(19)17(23-3)11-13(16)2/h11-12,14H,4-10H2,1-3H3,(H,20,22)/t14-/m0/s1. The van der Waals surface area contributed by atoms with E-state index in [2.05, 4.69) is 12.2 Å². The second kappa shape index (κ2) is 8.87. The number of likely N-dealkylation sites (tertiary alicyclic amines) is 1. The van der Waals surface area contributed by atoms with E-state index in [0.717, 1.165) is 37.9 Å². The average Bonchev–Trinajstić information content (AvgIpc) is 2.81. The van der Waals surface area contributed by atoms with E-state index in [4.69, 9.17) is 9.47 Å². The van der Waals surface area contributed by atoms with Gasteiger partial charge in [0.05, 0.1) is 13.2 Å². The fraction of sp³-hybridized carbons (Fsp3) is 0.611. The minimum atomic E-state index is -0.484. The number of carbonyl (C=O) groups is 1. The highest BCUT2D eigenvalue weighted by Crippen LogP contribution is 2.26. The minimum Gasteiger partial charge on any atom is -0.494 e. The van der Waals surface area contributed by atoms with Gasteiger partial charge in [-0.2, -0.15) is 0 Å². The predicted octanol–water partition coefficient (Wildman–Crippen LogP) is 3.96. The molecule has 0 bridgehead atoms. The van der Waals surface area contributed by atoms with Crippen LogP contribution in [0, 0.1) is 12.7 Å². The maximum Gasteiger partial charge on any atom is 0.321 e. The molecule has 1 aliphatic heterocycles. The zero-order chi connectivity index (χ0) is 17.5. The fourth-order valence-electron chi connectivity index (χ4n) is 2.86. The van der Waals surface area contributed by atoms with Crippen LogP contribution in [0.25, 0.3) is 0 Å². The summed E-state index contributed by atoms with van der Waals surface area (Å²) in [5.74, 6) is -0.307. The lowest BCUT2D eigenvalue weighted by Gasteiger charge is -2.22. The maximum absolute atomic E-state index is 13.9. The Bertz CT molecular complexity index is 565. The number of hydrogen-bond acceptors (Lipinski definition) is 3. The van der Waals surface area contributed by atoms with E-state index in [0.29, 0.717) is 18.8 Å². The van der Waals surface area contributed by atoms with E-state index in [1.807, 2.05) is 6.92 Å². The van der Waals surface area contributed by atoms with Gasteiger partial charge in [0.2, 0.25) is 0 Å². The zero-order valence-electron chi connectivity index (χ0n) is 14.7. The molecule has 24 heavy (non-hydrogen) atoms. The Morgan fingerprint density at radius 3 is 2.88 bits per heavy atom. The van der Waals surface area contributed by atoms with Crippen molar-refractivity contribution in [3.63, 3.8) is 0 Å². The number of methoxy groups -OCH3 is 1. The smallest absolute Gasteiger partial charge is 0.321 e. The number of aryl methyl sites for hydroxylation is 1. The lowest BCUT2D eigenvalue weighted by atomic mass is 10.2. The van der Waals surface area contributed by atoms with Gasteiger partial charge in [-0.05, 0) is 44.2 Å². The molecule has 1 fully saturated rings. The highest BCUT2D eigenvalue weighted by molar-refractivity contribution is 5.90. The molecule has 0 saturated carbocycles. The number of benzene rings is 1. The second-order valence-corrected chi connectivity index (χ2v) is 6.14. The van der Waals surface area contributed by atoms with Gasteiger partial charge in [0, 0.05) is 31.5 Å². The molecule has 0 aromatic heterocycles. The Labute approximate surface area is 143 Å². The molecule has 0 spiro atoms. The van der Waals surface area contributed by atoms with Crippen LogP contribution in [0.5, 0.6) is 5.75 Å². The summed E-state index contributed by atoms with van der Waals surface area (Å²) in [5.41, 5.74) is 1.24. The monoisotopic (exact) mass is 338 g/mol.